The fraction of sp³-hybridized carbons (Fsp3) is 0. The topological polar surface area (TPSA) is 34.1 Å². The highest BCUT2D eigenvalue weighted by molar-refractivity contribution is 7.94. The van der Waals surface area contributed by atoms with Gasteiger partial charge in [-0.25, -0.2) is 8.42 Å². The van der Waals surface area contributed by atoms with Gasteiger partial charge in [-0.15, -0.1) is 0 Å². The van der Waals surface area contributed by atoms with Gasteiger partial charge in [-0.3, -0.25) is 0 Å². The molecule has 0 aromatic heterocycles. The average Bonchev–Trinajstić information content (AvgIpc) is 2.74. The van der Waals surface area contributed by atoms with Gasteiger partial charge in [0.15, 0.2) is 9.84 Å². The molecule has 0 saturated heterocycles. The van der Waals surface area contributed by atoms with Gasteiger partial charge in [0.2, 0.25) is 0 Å². The Hall–Kier alpha value is -2.13. The third-order valence-electron chi connectivity index (χ3n) is 3.63. The number of hydrogen-bond acceptors (Lipinski definition) is 2. The Morgan fingerprint density at radius 2 is 1.53 bits per heavy atom. The molecule has 4 rings (SSSR count). The Kier molecular flexibility index (Phi) is 1.96. The van der Waals surface area contributed by atoms with E-state index in [1.54, 1.807) is 12.1 Å². The summed E-state index contributed by atoms with van der Waals surface area (Å²) >= 11 is 0. The zero-order valence-corrected chi connectivity index (χ0v) is 10.8. The third kappa shape index (κ3) is 1.39. The standard InChI is InChI=1S/C16H10O2S/c17-19(18)10-9-14-15(19)8-7-12-6-5-11-3-1-2-4-13(11)16(12)14/h1-10H. The molecular formula is C16H10O2S. The molecule has 1 heterocycles. The molecule has 0 radical (unpaired) electrons. The van der Waals surface area contributed by atoms with Gasteiger partial charge < -0.3 is 0 Å². The summed E-state index contributed by atoms with van der Waals surface area (Å²) in [6.07, 6.45) is 1.71. The second-order valence-electron chi connectivity index (χ2n) is 4.71. The molecule has 3 aromatic carbocycles. The van der Waals surface area contributed by atoms with Gasteiger partial charge >= 0.3 is 0 Å². The lowest BCUT2D eigenvalue weighted by Gasteiger charge is -2.08. The van der Waals surface area contributed by atoms with E-state index in [-0.39, 0.29) is 0 Å². The van der Waals surface area contributed by atoms with E-state index in [2.05, 4.69) is 6.07 Å². The van der Waals surface area contributed by atoms with Gasteiger partial charge in [0.05, 0.1) is 4.90 Å². The number of benzene rings is 3. The Bertz CT molecular complexity index is 967. The molecule has 0 saturated carbocycles. The molecule has 0 fully saturated rings. The van der Waals surface area contributed by atoms with Crippen LogP contribution >= 0.6 is 0 Å². The monoisotopic (exact) mass is 266 g/mol. The number of hydrogen-bond donors (Lipinski definition) is 0. The van der Waals surface area contributed by atoms with Gasteiger partial charge in [-0.1, -0.05) is 42.5 Å². The molecule has 2 nitrogen and oxygen atoms in total. The van der Waals surface area contributed by atoms with Crippen molar-refractivity contribution < 1.29 is 8.42 Å². The maximum atomic E-state index is 11.9. The maximum Gasteiger partial charge on any atom is 0.200 e. The molecule has 0 N–H and O–H groups in total. The van der Waals surface area contributed by atoms with Crippen LogP contribution in [0.3, 0.4) is 0 Å². The van der Waals surface area contributed by atoms with E-state index in [0.29, 0.717) is 4.90 Å². The molecule has 0 bridgehead atoms. The highest BCUT2D eigenvalue weighted by Crippen LogP contribution is 2.36. The van der Waals surface area contributed by atoms with Crippen molar-refractivity contribution in [3.63, 3.8) is 0 Å². The van der Waals surface area contributed by atoms with Crippen LogP contribution in [-0.4, -0.2) is 8.42 Å². The van der Waals surface area contributed by atoms with Gasteiger partial charge in [-0.05, 0) is 33.7 Å². The molecular weight excluding hydrogens is 256 g/mol. The molecule has 3 aromatic rings. The summed E-state index contributed by atoms with van der Waals surface area (Å²) < 4.78 is 23.9. The molecule has 0 unspecified atom stereocenters. The van der Waals surface area contributed by atoms with Crippen molar-refractivity contribution in [2.75, 3.05) is 0 Å². The summed E-state index contributed by atoms with van der Waals surface area (Å²) in [5.74, 6) is 0. The molecule has 0 aliphatic carbocycles. The minimum atomic E-state index is -3.25. The zero-order valence-electron chi connectivity index (χ0n) is 10.00. The van der Waals surface area contributed by atoms with Gasteiger partial charge in [0.25, 0.3) is 0 Å². The zero-order chi connectivity index (χ0) is 13.0. The molecule has 1 aliphatic rings. The summed E-state index contributed by atoms with van der Waals surface area (Å²) in [5.41, 5.74) is 0.814. The molecule has 3 heteroatoms. The van der Waals surface area contributed by atoms with Crippen LogP contribution in [0, 0.1) is 0 Å². The van der Waals surface area contributed by atoms with E-state index >= 15 is 0 Å². The fourth-order valence-electron chi connectivity index (χ4n) is 2.75. The van der Waals surface area contributed by atoms with E-state index < -0.39 is 9.84 Å². The number of sulfone groups is 1. The highest BCUT2D eigenvalue weighted by Gasteiger charge is 2.22. The summed E-state index contributed by atoms with van der Waals surface area (Å²) in [6, 6.07) is 15.7. The van der Waals surface area contributed by atoms with Gasteiger partial charge in [0, 0.05) is 11.0 Å². The number of rotatable bonds is 0. The van der Waals surface area contributed by atoms with Crippen molar-refractivity contribution in [3.05, 3.63) is 59.5 Å². The minimum Gasteiger partial charge on any atom is -0.219 e. The third-order valence-corrected chi connectivity index (χ3v) is 5.09. The van der Waals surface area contributed by atoms with Crippen LogP contribution in [0.5, 0.6) is 0 Å². The first kappa shape index (κ1) is 10.8. The smallest absolute Gasteiger partial charge is 0.200 e. The van der Waals surface area contributed by atoms with Crippen molar-refractivity contribution >= 4 is 37.5 Å². The Labute approximate surface area is 110 Å². The van der Waals surface area contributed by atoms with Crippen molar-refractivity contribution in [2.45, 2.75) is 4.90 Å². The molecule has 0 atom stereocenters. The van der Waals surface area contributed by atoms with Crippen molar-refractivity contribution in [1.29, 1.82) is 0 Å². The SMILES string of the molecule is O=S1(=O)C=Cc2c1ccc1ccc3ccccc3c21. The Balaban J connectivity index is 2.32. The van der Waals surface area contributed by atoms with Crippen molar-refractivity contribution in [3.8, 4) is 0 Å². The largest absolute Gasteiger partial charge is 0.219 e. The maximum absolute atomic E-state index is 11.9. The van der Waals surface area contributed by atoms with Crippen molar-refractivity contribution in [1.82, 2.24) is 0 Å². The quantitative estimate of drug-likeness (QED) is 0.581. The summed E-state index contributed by atoms with van der Waals surface area (Å²) in [7, 11) is -3.25. The predicted octanol–water partition coefficient (Wildman–Crippen LogP) is 3.75. The van der Waals surface area contributed by atoms with E-state index in [1.807, 2.05) is 36.4 Å². The minimum absolute atomic E-state index is 0.413. The lowest BCUT2D eigenvalue weighted by atomic mass is 9.98. The molecule has 1 aliphatic heterocycles. The second-order valence-corrected chi connectivity index (χ2v) is 6.51. The molecule has 92 valence electrons. The summed E-state index contributed by atoms with van der Waals surface area (Å²) in [6.45, 7) is 0. The van der Waals surface area contributed by atoms with Gasteiger partial charge in [-0.2, -0.15) is 0 Å². The first-order valence-corrected chi connectivity index (χ1v) is 7.59. The highest BCUT2D eigenvalue weighted by atomic mass is 32.2. The predicted molar refractivity (Wildman–Crippen MR) is 77.7 cm³/mol. The Morgan fingerprint density at radius 1 is 0.789 bits per heavy atom. The van der Waals surface area contributed by atoms with Crippen molar-refractivity contribution in [2.24, 2.45) is 0 Å². The van der Waals surface area contributed by atoms with Crippen LogP contribution in [0.4, 0.5) is 0 Å². The van der Waals surface area contributed by atoms with E-state index in [1.165, 1.54) is 5.41 Å². The van der Waals surface area contributed by atoms with Crippen LogP contribution in [-0.2, 0) is 9.84 Å². The molecule has 0 spiro atoms. The normalized spacial score (nSPS) is 16.0. The van der Waals surface area contributed by atoms with Crippen LogP contribution in [0.25, 0.3) is 27.6 Å². The first-order chi connectivity index (χ1) is 9.17. The van der Waals surface area contributed by atoms with Gasteiger partial charge in [0.1, 0.15) is 0 Å². The number of fused-ring (bicyclic) bond motifs is 5. The summed E-state index contributed by atoms with van der Waals surface area (Å²) in [5, 5.41) is 5.60. The first-order valence-electron chi connectivity index (χ1n) is 6.04. The van der Waals surface area contributed by atoms with E-state index in [9.17, 15) is 8.42 Å². The fourth-order valence-corrected chi connectivity index (χ4v) is 3.95. The average molecular weight is 266 g/mol. The van der Waals surface area contributed by atoms with Crippen LogP contribution in [0.15, 0.2) is 58.8 Å². The van der Waals surface area contributed by atoms with Crippen LogP contribution < -0.4 is 0 Å². The Morgan fingerprint density at radius 3 is 2.42 bits per heavy atom. The van der Waals surface area contributed by atoms with Crippen LogP contribution in [0.2, 0.25) is 0 Å². The summed E-state index contributed by atoms with van der Waals surface area (Å²) in [4.78, 5) is 0.413. The van der Waals surface area contributed by atoms with E-state index in [4.69, 9.17) is 0 Å². The lowest BCUT2D eigenvalue weighted by Crippen LogP contribution is -1.93. The van der Waals surface area contributed by atoms with Crippen LogP contribution in [0.1, 0.15) is 5.56 Å². The molecule has 19 heavy (non-hydrogen) atoms. The lowest BCUT2D eigenvalue weighted by molar-refractivity contribution is 0.605. The second kappa shape index (κ2) is 3.45. The van der Waals surface area contributed by atoms with E-state index in [0.717, 1.165) is 27.1 Å². The molecule has 0 amide bonds.